The number of ether oxygens (including phenoxy) is 1. The van der Waals surface area contributed by atoms with Crippen LogP contribution in [-0.2, 0) is 9.53 Å². The van der Waals surface area contributed by atoms with Crippen molar-refractivity contribution in [2.75, 3.05) is 32.8 Å². The first kappa shape index (κ1) is 16.4. The van der Waals surface area contributed by atoms with Gasteiger partial charge < -0.3 is 20.1 Å². The van der Waals surface area contributed by atoms with Crippen LogP contribution in [0.2, 0.25) is 0 Å². The van der Waals surface area contributed by atoms with E-state index in [0.29, 0.717) is 19.8 Å². The van der Waals surface area contributed by atoms with Gasteiger partial charge in [0.1, 0.15) is 0 Å². The van der Waals surface area contributed by atoms with Gasteiger partial charge >= 0.3 is 0 Å². The number of aliphatic hydroxyl groups is 1. The number of β-amino-alcohol motifs (C(OH)–C–C–N with tert-alkyl or cyclic N) is 1. The third kappa shape index (κ3) is 6.36. The van der Waals surface area contributed by atoms with E-state index in [1.165, 1.54) is 0 Å². The highest BCUT2D eigenvalue weighted by Crippen LogP contribution is 2.11. The van der Waals surface area contributed by atoms with Gasteiger partial charge in [0, 0.05) is 38.2 Å². The number of carbonyl (C=O) groups excluding carboxylic acids is 1. The van der Waals surface area contributed by atoms with E-state index in [4.69, 9.17) is 4.74 Å². The lowest BCUT2D eigenvalue weighted by molar-refractivity contribution is -0.125. The SMILES string of the molecule is CCOCC(O)CN1CCC(NC(=O)C(C)C)CC1. The van der Waals surface area contributed by atoms with Crippen molar-refractivity contribution in [1.82, 2.24) is 10.2 Å². The average Bonchev–Trinajstić information content (AvgIpc) is 2.38. The van der Waals surface area contributed by atoms with E-state index < -0.39 is 6.10 Å². The molecule has 19 heavy (non-hydrogen) atoms. The Hall–Kier alpha value is -0.650. The fourth-order valence-corrected chi connectivity index (χ4v) is 2.23. The van der Waals surface area contributed by atoms with Crippen molar-refractivity contribution < 1.29 is 14.6 Å². The summed E-state index contributed by atoms with van der Waals surface area (Å²) in [5.41, 5.74) is 0. The number of nitrogens with zero attached hydrogens (tertiary/aromatic N) is 1. The predicted octanol–water partition coefficient (Wildman–Crippen LogP) is 0.620. The molecule has 1 aliphatic rings. The zero-order valence-electron chi connectivity index (χ0n) is 12.4. The summed E-state index contributed by atoms with van der Waals surface area (Å²) in [5.74, 6) is 0.181. The molecule has 1 rings (SSSR count). The summed E-state index contributed by atoms with van der Waals surface area (Å²) in [4.78, 5) is 13.8. The molecule has 5 nitrogen and oxygen atoms in total. The molecule has 112 valence electrons. The van der Waals surface area contributed by atoms with Crippen LogP contribution < -0.4 is 5.32 Å². The Kier molecular flexibility index (Phi) is 7.34. The van der Waals surface area contributed by atoms with Crippen LogP contribution in [0.1, 0.15) is 33.6 Å². The highest BCUT2D eigenvalue weighted by Gasteiger charge is 2.22. The van der Waals surface area contributed by atoms with Crippen LogP contribution in [0.25, 0.3) is 0 Å². The van der Waals surface area contributed by atoms with Crippen molar-refractivity contribution in [2.45, 2.75) is 45.8 Å². The van der Waals surface area contributed by atoms with Gasteiger partial charge in [-0.05, 0) is 19.8 Å². The lowest BCUT2D eigenvalue weighted by atomic mass is 10.0. The Morgan fingerprint density at radius 2 is 2.05 bits per heavy atom. The molecule has 0 bridgehead atoms. The summed E-state index contributed by atoms with van der Waals surface area (Å²) in [6, 6.07) is 0.287. The lowest BCUT2D eigenvalue weighted by Gasteiger charge is -2.33. The molecular formula is C14H28N2O3. The molecule has 1 aliphatic heterocycles. The number of piperidine rings is 1. The zero-order valence-corrected chi connectivity index (χ0v) is 12.4. The summed E-state index contributed by atoms with van der Waals surface area (Å²) in [5, 5.41) is 12.9. The van der Waals surface area contributed by atoms with Crippen LogP contribution >= 0.6 is 0 Å². The minimum absolute atomic E-state index is 0.0473. The third-order valence-electron chi connectivity index (χ3n) is 3.44. The largest absolute Gasteiger partial charge is 0.389 e. The van der Waals surface area contributed by atoms with Gasteiger partial charge in [-0.15, -0.1) is 0 Å². The van der Waals surface area contributed by atoms with Gasteiger partial charge in [0.15, 0.2) is 0 Å². The summed E-state index contributed by atoms with van der Waals surface area (Å²) >= 11 is 0. The molecule has 2 N–H and O–H groups in total. The Balaban J connectivity index is 2.19. The fourth-order valence-electron chi connectivity index (χ4n) is 2.23. The van der Waals surface area contributed by atoms with E-state index in [1.54, 1.807) is 0 Å². The van der Waals surface area contributed by atoms with Crippen molar-refractivity contribution in [2.24, 2.45) is 5.92 Å². The van der Waals surface area contributed by atoms with Crippen LogP contribution in [0.5, 0.6) is 0 Å². The minimum atomic E-state index is -0.415. The summed E-state index contributed by atoms with van der Waals surface area (Å²) < 4.78 is 5.20. The molecule has 1 amide bonds. The molecule has 1 heterocycles. The monoisotopic (exact) mass is 272 g/mol. The Labute approximate surface area is 116 Å². The van der Waals surface area contributed by atoms with E-state index in [-0.39, 0.29) is 17.9 Å². The number of hydrogen-bond donors (Lipinski definition) is 2. The Bertz CT molecular complexity index is 263. The highest BCUT2D eigenvalue weighted by atomic mass is 16.5. The van der Waals surface area contributed by atoms with Crippen molar-refractivity contribution in [3.05, 3.63) is 0 Å². The first-order chi connectivity index (χ1) is 9.02. The summed E-state index contributed by atoms with van der Waals surface area (Å²) in [6.45, 7) is 9.29. The normalized spacial score (nSPS) is 19.6. The van der Waals surface area contributed by atoms with Gasteiger partial charge in [0.2, 0.25) is 5.91 Å². The number of aliphatic hydroxyl groups excluding tert-OH is 1. The maximum Gasteiger partial charge on any atom is 0.222 e. The van der Waals surface area contributed by atoms with Crippen LogP contribution in [0.15, 0.2) is 0 Å². The molecule has 1 atom stereocenters. The molecule has 0 spiro atoms. The number of rotatable bonds is 7. The Morgan fingerprint density at radius 1 is 1.42 bits per heavy atom. The van der Waals surface area contributed by atoms with Crippen LogP contribution in [0.4, 0.5) is 0 Å². The fraction of sp³-hybridized carbons (Fsp3) is 0.929. The highest BCUT2D eigenvalue weighted by molar-refractivity contribution is 5.78. The molecule has 0 aliphatic carbocycles. The molecule has 0 aromatic heterocycles. The van der Waals surface area contributed by atoms with Crippen LogP contribution in [0.3, 0.4) is 0 Å². The molecule has 0 radical (unpaired) electrons. The van der Waals surface area contributed by atoms with E-state index in [1.807, 2.05) is 20.8 Å². The Morgan fingerprint density at radius 3 is 2.58 bits per heavy atom. The van der Waals surface area contributed by atoms with Crippen molar-refractivity contribution >= 4 is 5.91 Å². The maximum atomic E-state index is 11.6. The minimum Gasteiger partial charge on any atom is -0.389 e. The lowest BCUT2D eigenvalue weighted by Crippen LogP contribution is -2.47. The topological polar surface area (TPSA) is 61.8 Å². The third-order valence-corrected chi connectivity index (χ3v) is 3.44. The predicted molar refractivity (Wildman–Crippen MR) is 74.9 cm³/mol. The second-order valence-electron chi connectivity index (χ2n) is 5.55. The molecule has 0 aromatic rings. The van der Waals surface area contributed by atoms with Crippen LogP contribution in [0, 0.1) is 5.92 Å². The van der Waals surface area contributed by atoms with Gasteiger partial charge in [0.05, 0.1) is 12.7 Å². The summed E-state index contributed by atoms with van der Waals surface area (Å²) in [6.07, 6.45) is 1.50. The van der Waals surface area contributed by atoms with Crippen molar-refractivity contribution in [1.29, 1.82) is 0 Å². The average molecular weight is 272 g/mol. The quantitative estimate of drug-likeness (QED) is 0.713. The number of amides is 1. The maximum absolute atomic E-state index is 11.6. The molecule has 1 saturated heterocycles. The van der Waals surface area contributed by atoms with E-state index in [9.17, 15) is 9.90 Å². The number of likely N-dealkylation sites (tertiary alicyclic amines) is 1. The van der Waals surface area contributed by atoms with Gasteiger partial charge in [-0.1, -0.05) is 13.8 Å². The van der Waals surface area contributed by atoms with Gasteiger partial charge in [0.25, 0.3) is 0 Å². The number of nitrogens with one attached hydrogen (secondary N) is 1. The second kappa shape index (κ2) is 8.51. The van der Waals surface area contributed by atoms with Gasteiger partial charge in [-0.2, -0.15) is 0 Å². The summed E-state index contributed by atoms with van der Waals surface area (Å²) in [7, 11) is 0. The molecule has 0 aromatic carbocycles. The first-order valence-corrected chi connectivity index (χ1v) is 7.31. The molecule has 0 saturated carbocycles. The van der Waals surface area contributed by atoms with Crippen molar-refractivity contribution in [3.63, 3.8) is 0 Å². The van der Waals surface area contributed by atoms with Crippen molar-refractivity contribution in [3.8, 4) is 0 Å². The van der Waals surface area contributed by atoms with E-state index in [2.05, 4.69) is 10.2 Å². The second-order valence-corrected chi connectivity index (χ2v) is 5.55. The van der Waals surface area contributed by atoms with Crippen LogP contribution in [-0.4, -0.2) is 60.9 Å². The standard InChI is InChI=1S/C14H28N2O3/c1-4-19-10-13(17)9-16-7-5-12(6-8-16)15-14(18)11(2)3/h11-13,17H,4-10H2,1-3H3,(H,15,18). The number of hydrogen-bond acceptors (Lipinski definition) is 4. The van der Waals surface area contributed by atoms with E-state index in [0.717, 1.165) is 25.9 Å². The van der Waals surface area contributed by atoms with E-state index >= 15 is 0 Å². The van der Waals surface area contributed by atoms with Gasteiger partial charge in [-0.25, -0.2) is 0 Å². The first-order valence-electron chi connectivity index (χ1n) is 7.31. The van der Waals surface area contributed by atoms with Gasteiger partial charge in [-0.3, -0.25) is 4.79 Å². The number of carbonyl (C=O) groups is 1. The smallest absolute Gasteiger partial charge is 0.222 e. The molecule has 1 fully saturated rings. The molecular weight excluding hydrogens is 244 g/mol. The molecule has 1 unspecified atom stereocenters. The molecule has 5 heteroatoms. The zero-order chi connectivity index (χ0) is 14.3.